The lowest BCUT2D eigenvalue weighted by Crippen LogP contribution is -2.35. The number of aromatic nitrogens is 1. The fourth-order valence-corrected chi connectivity index (χ4v) is 5.21. The van der Waals surface area contributed by atoms with Gasteiger partial charge in [0.25, 0.3) is 11.5 Å². The van der Waals surface area contributed by atoms with Gasteiger partial charge in [-0.25, -0.2) is 0 Å². The fourth-order valence-electron chi connectivity index (χ4n) is 3.80. The number of aromatic hydroxyl groups is 1. The average Bonchev–Trinajstić information content (AvgIpc) is 3.19. The van der Waals surface area contributed by atoms with Gasteiger partial charge in [0.15, 0.2) is 0 Å². The number of nitrogens with one attached hydrogen (secondary N) is 2. The molecule has 1 saturated heterocycles. The van der Waals surface area contributed by atoms with Crippen molar-refractivity contribution in [3.05, 3.63) is 26.4 Å². The van der Waals surface area contributed by atoms with Gasteiger partial charge in [0.05, 0.1) is 11.5 Å². The highest BCUT2D eigenvalue weighted by Crippen LogP contribution is 2.41. The first-order valence-corrected chi connectivity index (χ1v) is 9.65. The van der Waals surface area contributed by atoms with E-state index in [2.05, 4.69) is 17.2 Å². The number of aromatic amines is 1. The van der Waals surface area contributed by atoms with Gasteiger partial charge in [-0.05, 0) is 43.6 Å². The molecular weight excluding hydrogens is 340 g/mol. The number of rotatable bonds is 3. The third-order valence-electron chi connectivity index (χ3n) is 5.18. The molecule has 6 nitrogen and oxygen atoms in total. The smallest absolute Gasteiger partial charge is 0.265 e. The van der Waals surface area contributed by atoms with E-state index in [0.29, 0.717) is 29.3 Å². The van der Waals surface area contributed by atoms with Crippen LogP contribution in [0.3, 0.4) is 0 Å². The third kappa shape index (κ3) is 2.95. The van der Waals surface area contributed by atoms with E-state index in [-0.39, 0.29) is 17.4 Å². The van der Waals surface area contributed by atoms with Crippen molar-refractivity contribution < 1.29 is 14.6 Å². The number of carbonyl (C=O) groups is 1. The molecule has 1 aliphatic carbocycles. The van der Waals surface area contributed by atoms with Crippen LogP contribution in [0.4, 0.5) is 0 Å². The average molecular weight is 362 g/mol. The van der Waals surface area contributed by atoms with E-state index in [9.17, 15) is 14.7 Å². The van der Waals surface area contributed by atoms with E-state index in [0.717, 1.165) is 37.7 Å². The molecule has 0 aromatic carbocycles. The maximum atomic E-state index is 12.5. The molecule has 2 aliphatic rings. The maximum absolute atomic E-state index is 12.5. The molecule has 0 saturated carbocycles. The Bertz CT molecular complexity index is 879. The van der Waals surface area contributed by atoms with E-state index in [1.54, 1.807) is 0 Å². The van der Waals surface area contributed by atoms with Crippen LogP contribution in [0.15, 0.2) is 4.79 Å². The van der Waals surface area contributed by atoms with E-state index >= 15 is 0 Å². The predicted molar refractivity (Wildman–Crippen MR) is 96.6 cm³/mol. The maximum Gasteiger partial charge on any atom is 0.265 e. The van der Waals surface area contributed by atoms with Gasteiger partial charge in [-0.3, -0.25) is 9.59 Å². The standard InChI is InChI=1S/C18H22N2O4S/c1-9-4-5-11-12(7-9)25-18-13(11)15(21)14(17(23)20-18)16(22)19-8-10-3-2-6-24-10/h9-10H,2-8H2,1H3,(H,19,22)(H2,20,21,23). The molecule has 4 rings (SSSR count). The van der Waals surface area contributed by atoms with Crippen LogP contribution in [0.1, 0.15) is 47.0 Å². The first-order chi connectivity index (χ1) is 12.0. The molecule has 2 atom stereocenters. The van der Waals surface area contributed by atoms with Crippen LogP contribution in [0, 0.1) is 5.92 Å². The Hall–Kier alpha value is -1.86. The molecule has 0 bridgehead atoms. The van der Waals surface area contributed by atoms with Crippen molar-refractivity contribution in [2.45, 2.75) is 45.1 Å². The molecule has 2 unspecified atom stereocenters. The van der Waals surface area contributed by atoms with Crippen LogP contribution in [0.25, 0.3) is 10.2 Å². The summed E-state index contributed by atoms with van der Waals surface area (Å²) in [5.41, 5.74) is 0.353. The van der Waals surface area contributed by atoms with Gasteiger partial charge in [0.2, 0.25) is 0 Å². The molecule has 0 radical (unpaired) electrons. The van der Waals surface area contributed by atoms with Crippen molar-refractivity contribution in [3.8, 4) is 5.75 Å². The molecule has 0 spiro atoms. The van der Waals surface area contributed by atoms with Crippen LogP contribution in [0.2, 0.25) is 0 Å². The zero-order chi connectivity index (χ0) is 17.6. The van der Waals surface area contributed by atoms with E-state index < -0.39 is 11.5 Å². The summed E-state index contributed by atoms with van der Waals surface area (Å²) in [7, 11) is 0. The van der Waals surface area contributed by atoms with E-state index in [4.69, 9.17) is 4.74 Å². The molecule has 134 valence electrons. The van der Waals surface area contributed by atoms with Crippen LogP contribution in [-0.2, 0) is 17.6 Å². The van der Waals surface area contributed by atoms with Crippen molar-refractivity contribution in [1.29, 1.82) is 0 Å². The van der Waals surface area contributed by atoms with Crippen molar-refractivity contribution in [2.24, 2.45) is 5.92 Å². The number of hydrogen-bond donors (Lipinski definition) is 3. The molecule has 7 heteroatoms. The molecule has 1 aliphatic heterocycles. The minimum atomic E-state index is -0.541. The Kier molecular flexibility index (Phi) is 4.29. The Balaban J connectivity index is 1.69. The summed E-state index contributed by atoms with van der Waals surface area (Å²) in [6, 6.07) is 0. The minimum Gasteiger partial charge on any atom is -0.506 e. The Morgan fingerprint density at radius 2 is 2.28 bits per heavy atom. The van der Waals surface area contributed by atoms with E-state index in [1.807, 2.05) is 0 Å². The minimum absolute atomic E-state index is 0.00991. The number of thiophene rings is 1. The first-order valence-electron chi connectivity index (χ1n) is 8.84. The lowest BCUT2D eigenvalue weighted by atomic mass is 9.89. The molecule has 1 amide bonds. The molecular formula is C18H22N2O4S. The number of pyridine rings is 1. The second kappa shape index (κ2) is 6.46. The van der Waals surface area contributed by atoms with Gasteiger partial charge >= 0.3 is 0 Å². The van der Waals surface area contributed by atoms with Crippen LogP contribution in [0.5, 0.6) is 5.75 Å². The monoisotopic (exact) mass is 362 g/mol. The number of hydrogen-bond acceptors (Lipinski definition) is 5. The second-order valence-corrected chi connectivity index (χ2v) is 8.18. The van der Waals surface area contributed by atoms with E-state index in [1.165, 1.54) is 16.2 Å². The second-order valence-electron chi connectivity index (χ2n) is 7.08. The van der Waals surface area contributed by atoms with Gasteiger partial charge in [-0.1, -0.05) is 6.92 Å². The topological polar surface area (TPSA) is 91.4 Å². The zero-order valence-electron chi connectivity index (χ0n) is 14.2. The summed E-state index contributed by atoms with van der Waals surface area (Å²) in [5.74, 6) is -0.125. The summed E-state index contributed by atoms with van der Waals surface area (Å²) >= 11 is 1.52. The molecule has 3 N–H and O–H groups in total. The summed E-state index contributed by atoms with van der Waals surface area (Å²) in [5, 5.41) is 14.1. The number of aryl methyl sites for hydroxylation is 1. The number of carbonyl (C=O) groups excluding carboxylic acids is 1. The van der Waals surface area contributed by atoms with Crippen molar-refractivity contribution >= 4 is 27.5 Å². The molecule has 3 heterocycles. The van der Waals surface area contributed by atoms with Crippen molar-refractivity contribution in [2.75, 3.05) is 13.2 Å². The number of H-pyrrole nitrogens is 1. The Labute approximate surface area is 149 Å². The number of fused-ring (bicyclic) bond motifs is 3. The normalized spacial score (nSPS) is 22.9. The van der Waals surface area contributed by atoms with Gasteiger partial charge in [0, 0.05) is 18.0 Å². The highest BCUT2D eigenvalue weighted by atomic mass is 32.1. The summed E-state index contributed by atoms with van der Waals surface area (Å²) in [6.45, 7) is 3.27. The van der Waals surface area contributed by atoms with Gasteiger partial charge in [0.1, 0.15) is 16.1 Å². The Morgan fingerprint density at radius 1 is 1.44 bits per heavy atom. The van der Waals surface area contributed by atoms with Gasteiger partial charge < -0.3 is 20.1 Å². The highest BCUT2D eigenvalue weighted by molar-refractivity contribution is 7.18. The summed E-state index contributed by atoms with van der Waals surface area (Å²) in [6.07, 6.45) is 4.75. The molecule has 2 aromatic heterocycles. The van der Waals surface area contributed by atoms with Crippen LogP contribution >= 0.6 is 11.3 Å². The van der Waals surface area contributed by atoms with Crippen LogP contribution in [-0.4, -0.2) is 35.3 Å². The first kappa shape index (κ1) is 16.6. The lowest BCUT2D eigenvalue weighted by molar-refractivity contribution is 0.0854. The fraction of sp³-hybridized carbons (Fsp3) is 0.556. The predicted octanol–water partition coefficient (Wildman–Crippen LogP) is 2.33. The van der Waals surface area contributed by atoms with Crippen LogP contribution < -0.4 is 10.9 Å². The molecule has 1 fully saturated rings. The number of ether oxygens (including phenoxy) is 1. The van der Waals surface area contributed by atoms with Crippen molar-refractivity contribution in [3.63, 3.8) is 0 Å². The molecule has 25 heavy (non-hydrogen) atoms. The zero-order valence-corrected chi connectivity index (χ0v) is 15.0. The largest absolute Gasteiger partial charge is 0.506 e. The Morgan fingerprint density at radius 3 is 3.04 bits per heavy atom. The van der Waals surface area contributed by atoms with Crippen molar-refractivity contribution in [1.82, 2.24) is 10.3 Å². The van der Waals surface area contributed by atoms with Gasteiger partial charge in [-0.15, -0.1) is 11.3 Å². The third-order valence-corrected chi connectivity index (χ3v) is 6.35. The summed E-state index contributed by atoms with van der Waals surface area (Å²) in [4.78, 5) is 29.5. The van der Waals surface area contributed by atoms with Gasteiger partial charge in [-0.2, -0.15) is 0 Å². The lowest BCUT2D eigenvalue weighted by Gasteiger charge is -2.18. The summed E-state index contributed by atoms with van der Waals surface area (Å²) < 4.78 is 5.48. The quantitative estimate of drug-likeness (QED) is 0.781. The molecule has 2 aromatic rings. The highest BCUT2D eigenvalue weighted by Gasteiger charge is 2.27. The number of amides is 1. The SMILES string of the molecule is CC1CCc2c(sc3[nH]c(=O)c(C(=O)NCC4CCCO4)c(O)c23)C1.